The third-order valence-electron chi connectivity index (χ3n) is 1.73. The van der Waals surface area contributed by atoms with E-state index in [-0.39, 0.29) is 6.61 Å². The van der Waals surface area contributed by atoms with Crippen LogP contribution in [0.1, 0.15) is 29.4 Å². The first-order valence-electron chi connectivity index (χ1n) is 4.47. The van der Waals surface area contributed by atoms with Crippen LogP contribution in [0.4, 0.5) is 0 Å². The number of nitrogens with zero attached hydrogens (tertiary/aromatic N) is 1. The Morgan fingerprint density at radius 1 is 1.46 bits per heavy atom. The molecule has 4 heteroatoms. The van der Waals surface area contributed by atoms with Gasteiger partial charge in [0.05, 0.1) is 17.2 Å². The molecule has 1 rings (SSSR count). The molecule has 1 aromatic heterocycles. The van der Waals surface area contributed by atoms with Crippen LogP contribution in [0.3, 0.4) is 0 Å². The van der Waals surface area contributed by atoms with E-state index in [4.69, 9.17) is 5.11 Å². The third-order valence-corrected chi connectivity index (χ3v) is 3.88. The van der Waals surface area contributed by atoms with E-state index in [1.165, 1.54) is 0 Å². The van der Waals surface area contributed by atoms with Gasteiger partial charge < -0.3 is 5.11 Å². The summed E-state index contributed by atoms with van der Waals surface area (Å²) < 4.78 is 0. The van der Waals surface area contributed by atoms with Crippen molar-refractivity contribution in [3.05, 3.63) is 15.6 Å². The lowest BCUT2D eigenvalue weighted by atomic mass is 10.3. The summed E-state index contributed by atoms with van der Waals surface area (Å²) in [7, 11) is 0. The Bertz CT molecular complexity index is 239. The minimum atomic E-state index is 0.137. The molecule has 0 aliphatic heterocycles. The molecule has 13 heavy (non-hydrogen) atoms. The number of thioether (sulfide) groups is 1. The predicted molar refractivity (Wildman–Crippen MR) is 59.3 cm³/mol. The Morgan fingerprint density at radius 2 is 2.23 bits per heavy atom. The third kappa shape index (κ3) is 2.97. The molecule has 0 fully saturated rings. The topological polar surface area (TPSA) is 33.1 Å². The van der Waals surface area contributed by atoms with E-state index in [2.05, 4.69) is 18.8 Å². The zero-order valence-corrected chi connectivity index (χ0v) is 9.67. The van der Waals surface area contributed by atoms with E-state index in [0.717, 1.165) is 33.5 Å². The van der Waals surface area contributed by atoms with Crippen LogP contribution in [0.5, 0.6) is 0 Å². The molecule has 0 aliphatic carbocycles. The normalized spacial score (nSPS) is 10.7. The van der Waals surface area contributed by atoms with Gasteiger partial charge in [-0.15, -0.1) is 11.3 Å². The number of aliphatic hydroxyl groups is 1. The Morgan fingerprint density at radius 3 is 2.69 bits per heavy atom. The smallest absolute Gasteiger partial charge is 0.103 e. The van der Waals surface area contributed by atoms with Gasteiger partial charge in [0.25, 0.3) is 0 Å². The lowest BCUT2D eigenvalue weighted by molar-refractivity contribution is 0.284. The van der Waals surface area contributed by atoms with Gasteiger partial charge in [-0.1, -0.05) is 13.8 Å². The van der Waals surface area contributed by atoms with Crippen LogP contribution < -0.4 is 0 Å². The highest BCUT2D eigenvalue weighted by Gasteiger charge is 2.07. The molecule has 0 spiro atoms. The Labute approximate surface area is 87.4 Å². The van der Waals surface area contributed by atoms with Crippen molar-refractivity contribution in [2.75, 3.05) is 5.75 Å². The fourth-order valence-corrected chi connectivity index (χ4v) is 2.83. The summed E-state index contributed by atoms with van der Waals surface area (Å²) in [5.74, 6) is 2.10. The maximum atomic E-state index is 9.05. The van der Waals surface area contributed by atoms with Gasteiger partial charge in [-0.25, -0.2) is 4.98 Å². The maximum absolute atomic E-state index is 9.05. The largest absolute Gasteiger partial charge is 0.391 e. The van der Waals surface area contributed by atoms with Gasteiger partial charge in [-0.2, -0.15) is 11.8 Å². The van der Waals surface area contributed by atoms with Crippen molar-refractivity contribution in [1.29, 1.82) is 0 Å². The number of thiazole rings is 1. The molecule has 1 N–H and O–H groups in total. The monoisotopic (exact) mass is 217 g/mol. The highest BCUT2D eigenvalue weighted by atomic mass is 32.2. The summed E-state index contributed by atoms with van der Waals surface area (Å²) in [4.78, 5) is 5.51. The molecule has 74 valence electrons. The number of aromatic nitrogens is 1. The van der Waals surface area contributed by atoms with Crippen LogP contribution in [0, 0.1) is 0 Å². The summed E-state index contributed by atoms with van der Waals surface area (Å²) in [6, 6.07) is 0. The zero-order chi connectivity index (χ0) is 9.68. The first kappa shape index (κ1) is 11.0. The van der Waals surface area contributed by atoms with Gasteiger partial charge in [-0.05, 0) is 12.2 Å². The minimum Gasteiger partial charge on any atom is -0.391 e. The second-order valence-electron chi connectivity index (χ2n) is 2.63. The van der Waals surface area contributed by atoms with E-state index in [1.807, 2.05) is 11.8 Å². The van der Waals surface area contributed by atoms with Gasteiger partial charge in [0.1, 0.15) is 5.01 Å². The van der Waals surface area contributed by atoms with E-state index in [0.29, 0.717) is 0 Å². The van der Waals surface area contributed by atoms with Gasteiger partial charge in [-0.3, -0.25) is 0 Å². The van der Waals surface area contributed by atoms with Crippen molar-refractivity contribution >= 4 is 23.1 Å². The number of hydrogen-bond donors (Lipinski definition) is 1. The van der Waals surface area contributed by atoms with Crippen LogP contribution in [-0.4, -0.2) is 15.8 Å². The first-order chi connectivity index (χ1) is 6.31. The SMILES string of the molecule is CCSCc1nc(CC)c(CO)s1. The van der Waals surface area contributed by atoms with Crippen molar-refractivity contribution in [2.45, 2.75) is 32.6 Å². The summed E-state index contributed by atoms with van der Waals surface area (Å²) >= 11 is 3.51. The van der Waals surface area contributed by atoms with Gasteiger partial charge >= 0.3 is 0 Å². The molecule has 0 saturated heterocycles. The van der Waals surface area contributed by atoms with Gasteiger partial charge in [0, 0.05) is 5.75 Å². The molecular weight excluding hydrogens is 202 g/mol. The van der Waals surface area contributed by atoms with Crippen LogP contribution >= 0.6 is 23.1 Å². The Balaban J connectivity index is 2.68. The molecular formula is C9H15NOS2. The van der Waals surface area contributed by atoms with Crippen LogP contribution in [0.25, 0.3) is 0 Å². The van der Waals surface area contributed by atoms with Crippen molar-refractivity contribution in [3.8, 4) is 0 Å². The summed E-state index contributed by atoms with van der Waals surface area (Å²) in [5, 5.41) is 10.2. The number of rotatable bonds is 5. The van der Waals surface area contributed by atoms with E-state index < -0.39 is 0 Å². The van der Waals surface area contributed by atoms with Gasteiger partial charge in [0.2, 0.25) is 0 Å². The molecule has 0 saturated carbocycles. The van der Waals surface area contributed by atoms with Crippen LogP contribution in [0.15, 0.2) is 0 Å². The van der Waals surface area contributed by atoms with Crippen LogP contribution in [0.2, 0.25) is 0 Å². The predicted octanol–water partition coefficient (Wildman–Crippen LogP) is 2.45. The lowest BCUT2D eigenvalue weighted by Crippen LogP contribution is -1.87. The van der Waals surface area contributed by atoms with Crippen molar-refractivity contribution in [3.63, 3.8) is 0 Å². The minimum absolute atomic E-state index is 0.137. The fourth-order valence-electron chi connectivity index (χ4n) is 1.09. The molecule has 0 aromatic carbocycles. The highest BCUT2D eigenvalue weighted by molar-refractivity contribution is 7.98. The molecule has 0 radical (unpaired) electrons. The molecule has 0 unspecified atom stereocenters. The van der Waals surface area contributed by atoms with E-state index in [1.54, 1.807) is 11.3 Å². The second-order valence-corrected chi connectivity index (χ2v) is 5.07. The first-order valence-corrected chi connectivity index (χ1v) is 6.45. The maximum Gasteiger partial charge on any atom is 0.103 e. The van der Waals surface area contributed by atoms with Crippen LogP contribution in [-0.2, 0) is 18.8 Å². The summed E-state index contributed by atoms with van der Waals surface area (Å²) in [6.07, 6.45) is 0.920. The Hall–Kier alpha value is -0.0600. The molecule has 0 amide bonds. The average molecular weight is 217 g/mol. The van der Waals surface area contributed by atoms with Crippen molar-refractivity contribution < 1.29 is 5.11 Å². The quantitative estimate of drug-likeness (QED) is 0.822. The van der Waals surface area contributed by atoms with E-state index >= 15 is 0 Å². The summed E-state index contributed by atoms with van der Waals surface area (Å²) in [5.41, 5.74) is 1.07. The second kappa shape index (κ2) is 5.62. The average Bonchev–Trinajstić information content (AvgIpc) is 2.57. The van der Waals surface area contributed by atoms with E-state index in [9.17, 15) is 0 Å². The number of hydrogen-bond acceptors (Lipinski definition) is 4. The molecule has 1 heterocycles. The fraction of sp³-hybridized carbons (Fsp3) is 0.667. The standard InChI is InChI=1S/C9H15NOS2/c1-3-7-8(5-11)13-9(10-7)6-12-4-2/h11H,3-6H2,1-2H3. The molecule has 0 bridgehead atoms. The Kier molecular flexibility index (Phi) is 4.77. The highest BCUT2D eigenvalue weighted by Crippen LogP contribution is 2.22. The van der Waals surface area contributed by atoms with Gasteiger partial charge in [0.15, 0.2) is 0 Å². The molecule has 1 aromatic rings. The lowest BCUT2D eigenvalue weighted by Gasteiger charge is -1.91. The van der Waals surface area contributed by atoms with Crippen molar-refractivity contribution in [2.24, 2.45) is 0 Å². The molecule has 0 aliphatic rings. The number of aryl methyl sites for hydroxylation is 1. The molecule has 0 atom stereocenters. The molecule has 2 nitrogen and oxygen atoms in total. The van der Waals surface area contributed by atoms with Crippen molar-refractivity contribution in [1.82, 2.24) is 4.98 Å². The zero-order valence-electron chi connectivity index (χ0n) is 8.04. The summed E-state index contributed by atoms with van der Waals surface area (Å²) in [6.45, 7) is 4.36. The number of aliphatic hydroxyl groups excluding tert-OH is 1.